The molecule has 146 valence electrons. The summed E-state index contributed by atoms with van der Waals surface area (Å²) in [5.41, 5.74) is -0.344. The summed E-state index contributed by atoms with van der Waals surface area (Å²) in [6, 6.07) is 0. The molecule has 0 bridgehead atoms. The minimum atomic E-state index is -1.10. The summed E-state index contributed by atoms with van der Waals surface area (Å²) in [6.07, 6.45) is 13.1. The summed E-state index contributed by atoms with van der Waals surface area (Å²) in [4.78, 5) is 24.6. The molecule has 0 aliphatic heterocycles. The summed E-state index contributed by atoms with van der Waals surface area (Å²) in [7, 11) is 0. The second-order valence-corrected chi connectivity index (χ2v) is 9.70. The smallest absolute Gasteiger partial charge is 0.302 e. The molecule has 0 saturated heterocycles. The molecule has 2 unspecified atom stereocenters. The van der Waals surface area contributed by atoms with E-state index in [0.717, 1.165) is 37.7 Å². The van der Waals surface area contributed by atoms with Crippen molar-refractivity contribution in [2.75, 3.05) is 0 Å². The van der Waals surface area contributed by atoms with Crippen LogP contribution in [0.2, 0.25) is 0 Å². The van der Waals surface area contributed by atoms with Crippen molar-refractivity contribution in [2.45, 2.75) is 77.4 Å². The van der Waals surface area contributed by atoms with E-state index in [0.29, 0.717) is 18.8 Å². The van der Waals surface area contributed by atoms with Crippen LogP contribution in [-0.4, -0.2) is 28.6 Å². The van der Waals surface area contributed by atoms with Crippen molar-refractivity contribution in [1.29, 1.82) is 0 Å². The molecular weight excluding hydrogens is 340 g/mol. The van der Waals surface area contributed by atoms with Crippen molar-refractivity contribution in [3.8, 4) is 12.3 Å². The number of carbonyl (C=O) groups excluding carboxylic acids is 2. The van der Waals surface area contributed by atoms with E-state index in [9.17, 15) is 14.7 Å². The molecule has 1 N–H and O–H groups in total. The lowest BCUT2D eigenvalue weighted by molar-refractivity contribution is -0.150. The fourth-order valence-corrected chi connectivity index (χ4v) is 6.96. The first kappa shape index (κ1) is 18.7. The lowest BCUT2D eigenvalue weighted by atomic mass is 9.46. The van der Waals surface area contributed by atoms with Crippen molar-refractivity contribution < 1.29 is 19.4 Å². The highest BCUT2D eigenvalue weighted by Crippen LogP contribution is 2.66. The van der Waals surface area contributed by atoms with Crippen LogP contribution in [0.3, 0.4) is 0 Å². The minimum absolute atomic E-state index is 0.0204. The number of fused-ring (bicyclic) bond motifs is 5. The molecule has 0 radical (unpaired) electrons. The predicted molar refractivity (Wildman–Crippen MR) is 101 cm³/mol. The SMILES string of the molecule is C#CC1(O)CC[C@H]2[C@@H]3C(=O)C=C4CC(OC(C)=O)CC[C@]4(C)[C@@H]3CC[C@@]21C. The Morgan fingerprint density at radius 2 is 1.93 bits per heavy atom. The van der Waals surface area contributed by atoms with Gasteiger partial charge >= 0.3 is 5.97 Å². The van der Waals surface area contributed by atoms with Crippen molar-refractivity contribution in [3.63, 3.8) is 0 Å². The topological polar surface area (TPSA) is 63.6 Å². The van der Waals surface area contributed by atoms with E-state index in [4.69, 9.17) is 11.2 Å². The highest BCUT2D eigenvalue weighted by atomic mass is 16.5. The zero-order chi connectivity index (χ0) is 19.6. The standard InChI is InChI=1S/C23H30O4/c1-5-23(26)11-8-18-20-17(7-10-22(18,23)4)21(3)9-6-16(27-14(2)24)12-15(21)13-19(20)25/h1,13,16-18,20,26H,6-12H2,2-4H3/t16?,17-,18+,20-,21+,22+,23?/m1/s1. The molecule has 3 saturated carbocycles. The predicted octanol–water partition coefficient (Wildman–Crippen LogP) is 3.42. The number of hydrogen-bond donors (Lipinski definition) is 1. The number of hydrogen-bond acceptors (Lipinski definition) is 4. The van der Waals surface area contributed by atoms with Gasteiger partial charge in [0.15, 0.2) is 5.78 Å². The second-order valence-electron chi connectivity index (χ2n) is 9.70. The van der Waals surface area contributed by atoms with Gasteiger partial charge in [0.1, 0.15) is 11.7 Å². The zero-order valence-electron chi connectivity index (χ0n) is 16.6. The molecule has 4 aliphatic rings. The van der Waals surface area contributed by atoms with Gasteiger partial charge in [-0.05, 0) is 61.9 Å². The second kappa shape index (κ2) is 5.95. The molecule has 7 atom stereocenters. The molecule has 0 amide bonds. The molecule has 4 aliphatic carbocycles. The Hall–Kier alpha value is -1.60. The van der Waals surface area contributed by atoms with Gasteiger partial charge < -0.3 is 9.84 Å². The molecule has 4 heteroatoms. The third-order valence-corrected chi connectivity index (χ3v) is 8.62. The van der Waals surface area contributed by atoms with Gasteiger partial charge in [0.25, 0.3) is 0 Å². The number of allylic oxidation sites excluding steroid dienone is 1. The van der Waals surface area contributed by atoms with Crippen LogP contribution in [0.5, 0.6) is 0 Å². The molecular formula is C23H30O4. The Kier molecular flexibility index (Phi) is 4.13. The third-order valence-electron chi connectivity index (χ3n) is 8.62. The van der Waals surface area contributed by atoms with Gasteiger partial charge in [0.05, 0.1) is 0 Å². The van der Waals surface area contributed by atoms with Crippen molar-refractivity contribution in [2.24, 2.45) is 28.6 Å². The molecule has 0 spiro atoms. The highest BCUT2D eigenvalue weighted by molar-refractivity contribution is 5.94. The van der Waals surface area contributed by atoms with Crippen molar-refractivity contribution in [1.82, 2.24) is 0 Å². The van der Waals surface area contributed by atoms with E-state index >= 15 is 0 Å². The zero-order valence-corrected chi connectivity index (χ0v) is 16.6. The van der Waals surface area contributed by atoms with Crippen LogP contribution in [0.4, 0.5) is 0 Å². The van der Waals surface area contributed by atoms with E-state index in [1.165, 1.54) is 6.92 Å². The van der Waals surface area contributed by atoms with Gasteiger partial charge in [0, 0.05) is 24.7 Å². The summed E-state index contributed by atoms with van der Waals surface area (Å²) in [5, 5.41) is 11.0. The van der Waals surface area contributed by atoms with E-state index in [2.05, 4.69) is 19.8 Å². The van der Waals surface area contributed by atoms with Gasteiger partial charge in [0.2, 0.25) is 0 Å². The van der Waals surface area contributed by atoms with Crippen molar-refractivity contribution in [3.05, 3.63) is 11.6 Å². The maximum absolute atomic E-state index is 13.2. The molecule has 27 heavy (non-hydrogen) atoms. The Balaban J connectivity index is 1.68. The molecule has 0 heterocycles. The monoisotopic (exact) mass is 370 g/mol. The maximum Gasteiger partial charge on any atom is 0.302 e. The lowest BCUT2D eigenvalue weighted by Gasteiger charge is -2.57. The first-order valence-corrected chi connectivity index (χ1v) is 10.3. The van der Waals surface area contributed by atoms with Gasteiger partial charge in [-0.15, -0.1) is 6.42 Å². The number of ketones is 1. The van der Waals surface area contributed by atoms with Crippen LogP contribution in [0.1, 0.15) is 65.7 Å². The highest BCUT2D eigenvalue weighted by Gasteiger charge is 2.65. The molecule has 0 aromatic carbocycles. The fraction of sp³-hybridized carbons (Fsp3) is 0.739. The summed E-state index contributed by atoms with van der Waals surface area (Å²) < 4.78 is 5.44. The first-order chi connectivity index (χ1) is 12.6. The molecule has 4 nitrogen and oxygen atoms in total. The molecule has 4 rings (SSSR count). The average Bonchev–Trinajstić information content (AvgIpc) is 2.88. The largest absolute Gasteiger partial charge is 0.462 e. The minimum Gasteiger partial charge on any atom is -0.462 e. The average molecular weight is 370 g/mol. The van der Waals surface area contributed by atoms with E-state index < -0.39 is 5.60 Å². The normalized spacial score (nSPS) is 48.6. The van der Waals surface area contributed by atoms with Crippen LogP contribution in [0, 0.1) is 40.9 Å². The van der Waals surface area contributed by atoms with Crippen LogP contribution in [0.15, 0.2) is 11.6 Å². The Morgan fingerprint density at radius 3 is 2.59 bits per heavy atom. The van der Waals surface area contributed by atoms with Gasteiger partial charge in [-0.25, -0.2) is 0 Å². The van der Waals surface area contributed by atoms with E-state index in [-0.39, 0.29) is 40.5 Å². The fourth-order valence-electron chi connectivity index (χ4n) is 6.96. The lowest BCUT2D eigenvalue weighted by Crippen LogP contribution is -2.56. The van der Waals surface area contributed by atoms with E-state index in [1.54, 1.807) is 0 Å². The van der Waals surface area contributed by atoms with Crippen LogP contribution < -0.4 is 0 Å². The number of aliphatic hydroxyl groups is 1. The summed E-state index contributed by atoms with van der Waals surface area (Å²) >= 11 is 0. The third kappa shape index (κ3) is 2.47. The molecule has 3 fully saturated rings. The van der Waals surface area contributed by atoms with Gasteiger partial charge in [-0.3, -0.25) is 9.59 Å². The van der Waals surface area contributed by atoms with Crippen molar-refractivity contribution >= 4 is 11.8 Å². The van der Waals surface area contributed by atoms with Crippen LogP contribution in [0.25, 0.3) is 0 Å². The Morgan fingerprint density at radius 1 is 1.22 bits per heavy atom. The number of carbonyl (C=O) groups is 2. The van der Waals surface area contributed by atoms with E-state index in [1.807, 2.05) is 6.08 Å². The van der Waals surface area contributed by atoms with Gasteiger partial charge in [-0.1, -0.05) is 25.3 Å². The van der Waals surface area contributed by atoms with Gasteiger partial charge in [-0.2, -0.15) is 0 Å². The summed E-state index contributed by atoms with van der Waals surface area (Å²) in [6.45, 7) is 5.82. The number of rotatable bonds is 1. The molecule has 0 aromatic heterocycles. The number of esters is 1. The summed E-state index contributed by atoms with van der Waals surface area (Å²) in [5.74, 6) is 2.98. The maximum atomic E-state index is 13.2. The Bertz CT molecular complexity index is 761. The quantitative estimate of drug-likeness (QED) is 0.567. The number of ether oxygens (including phenoxy) is 1. The molecule has 0 aromatic rings. The number of terminal acetylenes is 1. The first-order valence-electron chi connectivity index (χ1n) is 10.3. The Labute approximate surface area is 161 Å². The van der Waals surface area contributed by atoms with Crippen LogP contribution >= 0.6 is 0 Å². The van der Waals surface area contributed by atoms with Crippen LogP contribution in [-0.2, 0) is 14.3 Å².